The van der Waals surface area contributed by atoms with Crippen LogP contribution < -0.4 is 5.32 Å². The number of benzene rings is 1. The average Bonchev–Trinajstić information content (AvgIpc) is 2.80. The predicted octanol–water partition coefficient (Wildman–Crippen LogP) is 3.92. The van der Waals surface area contributed by atoms with Crippen molar-refractivity contribution >= 4 is 28.9 Å². The highest BCUT2D eigenvalue weighted by molar-refractivity contribution is 6.35. The highest BCUT2D eigenvalue weighted by Gasteiger charge is 2.07. The number of hydrogen-bond acceptors (Lipinski definition) is 3. The fraction of sp³-hybridized carbons (Fsp3) is 0.385. The van der Waals surface area contributed by atoms with Gasteiger partial charge in [0.05, 0.1) is 17.3 Å². The molecule has 1 N–H and O–H groups in total. The summed E-state index contributed by atoms with van der Waals surface area (Å²) in [5, 5.41) is 8.77. The second-order valence-corrected chi connectivity index (χ2v) is 5.15. The first kappa shape index (κ1) is 14.2. The van der Waals surface area contributed by atoms with Crippen molar-refractivity contribution in [2.75, 3.05) is 5.32 Å². The second kappa shape index (κ2) is 6.26. The summed E-state index contributed by atoms with van der Waals surface area (Å²) in [6.45, 7) is 5.46. The molecule has 1 aromatic carbocycles. The predicted molar refractivity (Wildman–Crippen MR) is 78.8 cm³/mol. The fourth-order valence-electron chi connectivity index (χ4n) is 1.78. The molecule has 0 unspecified atom stereocenters. The van der Waals surface area contributed by atoms with Crippen LogP contribution >= 0.6 is 23.2 Å². The average molecular weight is 299 g/mol. The van der Waals surface area contributed by atoms with E-state index in [0.29, 0.717) is 16.6 Å². The zero-order valence-electron chi connectivity index (χ0n) is 11.0. The first-order valence-electron chi connectivity index (χ1n) is 6.18. The van der Waals surface area contributed by atoms with Gasteiger partial charge >= 0.3 is 0 Å². The molecule has 0 aliphatic carbocycles. The number of nitrogens with zero attached hydrogens (tertiary/aromatic N) is 3. The summed E-state index contributed by atoms with van der Waals surface area (Å²) in [6.07, 6.45) is 2.59. The van der Waals surface area contributed by atoms with Gasteiger partial charge in [-0.2, -0.15) is 5.10 Å². The first-order valence-corrected chi connectivity index (χ1v) is 6.93. The normalized spacial score (nSPS) is 10.7. The molecule has 1 heterocycles. The van der Waals surface area contributed by atoms with Crippen molar-refractivity contribution in [1.29, 1.82) is 0 Å². The zero-order valence-corrected chi connectivity index (χ0v) is 12.5. The maximum Gasteiger partial charge on any atom is 0.146 e. The lowest BCUT2D eigenvalue weighted by molar-refractivity contribution is 0.574. The Hall–Kier alpha value is -1.26. The molecular formula is C13H16Cl2N4. The van der Waals surface area contributed by atoms with E-state index in [2.05, 4.69) is 22.3 Å². The fourth-order valence-corrected chi connectivity index (χ4v) is 2.23. The number of rotatable bonds is 5. The van der Waals surface area contributed by atoms with E-state index < -0.39 is 0 Å². The molecule has 0 aliphatic heterocycles. The van der Waals surface area contributed by atoms with Crippen LogP contribution in [0.4, 0.5) is 5.69 Å². The van der Waals surface area contributed by atoms with E-state index in [1.54, 1.807) is 6.33 Å². The SMILES string of the molecule is CCCn1ncnc1CNc1cc(Cl)c(C)cc1Cl. The van der Waals surface area contributed by atoms with Gasteiger partial charge in [-0.25, -0.2) is 9.67 Å². The quantitative estimate of drug-likeness (QED) is 0.910. The van der Waals surface area contributed by atoms with Crippen LogP contribution in [0.1, 0.15) is 24.7 Å². The Labute approximate surface area is 122 Å². The maximum atomic E-state index is 6.18. The van der Waals surface area contributed by atoms with Gasteiger partial charge in [-0.15, -0.1) is 0 Å². The molecule has 6 heteroatoms. The summed E-state index contributed by atoms with van der Waals surface area (Å²) in [4.78, 5) is 4.23. The third-order valence-corrected chi connectivity index (χ3v) is 3.54. The van der Waals surface area contributed by atoms with E-state index in [9.17, 15) is 0 Å². The lowest BCUT2D eigenvalue weighted by Gasteiger charge is -2.10. The van der Waals surface area contributed by atoms with Gasteiger partial charge in [-0.05, 0) is 31.0 Å². The number of nitrogens with one attached hydrogen (secondary N) is 1. The Kier molecular flexibility index (Phi) is 4.66. The van der Waals surface area contributed by atoms with Gasteiger partial charge in [-0.3, -0.25) is 0 Å². The van der Waals surface area contributed by atoms with Crippen LogP contribution in [0.3, 0.4) is 0 Å². The Bertz CT molecular complexity index is 566. The minimum Gasteiger partial charge on any atom is -0.377 e. The standard InChI is InChI=1S/C13H16Cl2N4/c1-3-4-19-13(17-8-18-19)7-16-12-6-10(14)9(2)5-11(12)15/h5-6,8,16H,3-4,7H2,1-2H3. The van der Waals surface area contributed by atoms with Crippen LogP contribution in [0.15, 0.2) is 18.5 Å². The van der Waals surface area contributed by atoms with E-state index in [0.717, 1.165) is 30.0 Å². The molecule has 19 heavy (non-hydrogen) atoms. The van der Waals surface area contributed by atoms with Crippen LogP contribution in [0.2, 0.25) is 10.0 Å². The van der Waals surface area contributed by atoms with Gasteiger partial charge in [0.15, 0.2) is 0 Å². The minimum absolute atomic E-state index is 0.569. The summed E-state index contributed by atoms with van der Waals surface area (Å²) in [5.41, 5.74) is 1.77. The highest BCUT2D eigenvalue weighted by atomic mass is 35.5. The third-order valence-electron chi connectivity index (χ3n) is 2.82. The molecule has 0 spiro atoms. The van der Waals surface area contributed by atoms with E-state index in [-0.39, 0.29) is 0 Å². The van der Waals surface area contributed by atoms with Crippen molar-refractivity contribution in [2.24, 2.45) is 0 Å². The third kappa shape index (κ3) is 3.39. The topological polar surface area (TPSA) is 42.7 Å². The molecular weight excluding hydrogens is 283 g/mol. The highest BCUT2D eigenvalue weighted by Crippen LogP contribution is 2.28. The van der Waals surface area contributed by atoms with Crippen molar-refractivity contribution in [2.45, 2.75) is 33.4 Å². The Morgan fingerprint density at radius 2 is 2.05 bits per heavy atom. The molecule has 2 rings (SSSR count). The second-order valence-electron chi connectivity index (χ2n) is 4.33. The maximum absolute atomic E-state index is 6.18. The number of hydrogen-bond donors (Lipinski definition) is 1. The van der Waals surface area contributed by atoms with Crippen LogP contribution in [0.25, 0.3) is 0 Å². The molecule has 2 aromatic rings. The lowest BCUT2D eigenvalue weighted by Crippen LogP contribution is -2.10. The molecule has 102 valence electrons. The molecule has 0 fully saturated rings. The molecule has 4 nitrogen and oxygen atoms in total. The molecule has 0 radical (unpaired) electrons. The minimum atomic E-state index is 0.569. The van der Waals surface area contributed by atoms with Crippen LogP contribution in [0, 0.1) is 6.92 Å². The van der Waals surface area contributed by atoms with E-state index in [1.807, 2.05) is 23.7 Å². The summed E-state index contributed by atoms with van der Waals surface area (Å²) >= 11 is 12.3. The van der Waals surface area contributed by atoms with Crippen molar-refractivity contribution in [3.8, 4) is 0 Å². The van der Waals surface area contributed by atoms with Gasteiger partial charge in [0.1, 0.15) is 12.2 Å². The van der Waals surface area contributed by atoms with E-state index in [1.165, 1.54) is 0 Å². The number of anilines is 1. The van der Waals surface area contributed by atoms with Crippen LogP contribution in [0.5, 0.6) is 0 Å². The monoisotopic (exact) mass is 298 g/mol. The van der Waals surface area contributed by atoms with Crippen molar-refractivity contribution in [3.05, 3.63) is 39.9 Å². The summed E-state index contributed by atoms with van der Waals surface area (Å²) in [6, 6.07) is 3.68. The number of halogens is 2. The van der Waals surface area contributed by atoms with Crippen molar-refractivity contribution in [1.82, 2.24) is 14.8 Å². The van der Waals surface area contributed by atoms with Gasteiger partial charge < -0.3 is 5.32 Å². The molecule has 1 aromatic heterocycles. The van der Waals surface area contributed by atoms with Crippen LogP contribution in [-0.4, -0.2) is 14.8 Å². The zero-order chi connectivity index (χ0) is 13.8. The number of aromatic nitrogens is 3. The largest absolute Gasteiger partial charge is 0.377 e. The van der Waals surface area contributed by atoms with Crippen molar-refractivity contribution < 1.29 is 0 Å². The summed E-state index contributed by atoms with van der Waals surface area (Å²) in [7, 11) is 0. The summed E-state index contributed by atoms with van der Waals surface area (Å²) < 4.78 is 1.89. The molecule has 0 aliphatic rings. The smallest absolute Gasteiger partial charge is 0.146 e. The van der Waals surface area contributed by atoms with Crippen molar-refractivity contribution in [3.63, 3.8) is 0 Å². The molecule has 0 amide bonds. The Morgan fingerprint density at radius 1 is 1.26 bits per heavy atom. The van der Waals surface area contributed by atoms with E-state index in [4.69, 9.17) is 23.2 Å². The molecule has 0 saturated carbocycles. The van der Waals surface area contributed by atoms with E-state index >= 15 is 0 Å². The van der Waals surface area contributed by atoms with Gasteiger partial charge in [0.2, 0.25) is 0 Å². The Morgan fingerprint density at radius 3 is 2.79 bits per heavy atom. The molecule has 0 atom stereocenters. The van der Waals surface area contributed by atoms with Gasteiger partial charge in [0, 0.05) is 11.6 Å². The lowest BCUT2D eigenvalue weighted by atomic mass is 10.2. The molecule has 0 saturated heterocycles. The molecule has 0 bridgehead atoms. The summed E-state index contributed by atoms with van der Waals surface area (Å²) in [5.74, 6) is 0.884. The Balaban J connectivity index is 2.10. The first-order chi connectivity index (χ1) is 9.11. The van der Waals surface area contributed by atoms with Gasteiger partial charge in [0.25, 0.3) is 0 Å². The number of aryl methyl sites for hydroxylation is 2. The van der Waals surface area contributed by atoms with Crippen LogP contribution in [-0.2, 0) is 13.1 Å². The van der Waals surface area contributed by atoms with Gasteiger partial charge in [-0.1, -0.05) is 30.1 Å².